The number of hydrogen-bond donors (Lipinski definition) is 0. The number of carbonyl (C=O) groups excluding carboxylic acids is 1. The number of benzene rings is 1. The highest BCUT2D eigenvalue weighted by molar-refractivity contribution is 7.22. The number of carbonyl (C=O) groups is 1. The van der Waals surface area contributed by atoms with Gasteiger partial charge in [-0.1, -0.05) is 42.9 Å². The van der Waals surface area contributed by atoms with Crippen LogP contribution >= 0.6 is 46.7 Å². The number of nitrogens with zero attached hydrogens (tertiary/aromatic N) is 3. The van der Waals surface area contributed by atoms with E-state index in [4.69, 9.17) is 16.6 Å². The minimum atomic E-state index is 0. The lowest BCUT2D eigenvalue weighted by Gasteiger charge is -2.24. The smallest absolute Gasteiger partial charge is 0.234 e. The quantitative estimate of drug-likeness (QED) is 0.406. The van der Waals surface area contributed by atoms with Gasteiger partial charge in [-0.2, -0.15) is 0 Å². The number of halogens is 2. The summed E-state index contributed by atoms with van der Waals surface area (Å²) in [5.74, 6) is 0.0686. The zero-order valence-electron chi connectivity index (χ0n) is 17.2. The maximum Gasteiger partial charge on any atom is 0.234 e. The predicted octanol–water partition coefficient (Wildman–Crippen LogP) is 5.97. The molecule has 1 aromatic carbocycles. The van der Waals surface area contributed by atoms with Gasteiger partial charge in [0.15, 0.2) is 5.13 Å². The zero-order chi connectivity index (χ0) is 20.3. The standard InChI is InChI=1S/C21H26ClN3OS2.ClH/c1-5-24(6-2)11-12-25(19(26)13-16-8-10-18(22)27-16)21-23-20-15(4)14(3)7-9-17(20)28-21;/h7-10H,5-6,11-13H2,1-4H3;1H. The zero-order valence-corrected chi connectivity index (χ0v) is 20.4. The van der Waals surface area contributed by atoms with Crippen molar-refractivity contribution in [2.75, 3.05) is 31.1 Å². The Morgan fingerprint density at radius 2 is 1.79 bits per heavy atom. The first-order chi connectivity index (χ1) is 13.4. The lowest BCUT2D eigenvalue weighted by Crippen LogP contribution is -2.39. The van der Waals surface area contributed by atoms with Crippen LogP contribution in [0.1, 0.15) is 29.9 Å². The Balaban J connectivity index is 0.00000300. The van der Waals surface area contributed by atoms with E-state index < -0.39 is 0 Å². The topological polar surface area (TPSA) is 36.4 Å². The third-order valence-electron chi connectivity index (χ3n) is 5.09. The second kappa shape index (κ2) is 10.7. The van der Waals surface area contributed by atoms with E-state index in [0.29, 0.717) is 17.3 Å². The minimum absolute atomic E-state index is 0. The molecule has 158 valence electrons. The van der Waals surface area contributed by atoms with Gasteiger partial charge in [0.1, 0.15) is 0 Å². The van der Waals surface area contributed by atoms with Crippen molar-refractivity contribution in [2.24, 2.45) is 0 Å². The Bertz CT molecular complexity index is 966. The lowest BCUT2D eigenvalue weighted by molar-refractivity contribution is -0.118. The van der Waals surface area contributed by atoms with Crippen molar-refractivity contribution < 1.29 is 4.79 Å². The highest BCUT2D eigenvalue weighted by atomic mass is 35.5. The van der Waals surface area contributed by atoms with Gasteiger partial charge in [0, 0.05) is 18.0 Å². The van der Waals surface area contributed by atoms with Gasteiger partial charge >= 0.3 is 0 Å². The van der Waals surface area contributed by atoms with Gasteiger partial charge in [-0.25, -0.2) is 4.98 Å². The first kappa shape index (κ1) is 24.1. The number of aryl methyl sites for hydroxylation is 2. The van der Waals surface area contributed by atoms with Crippen LogP contribution in [0.4, 0.5) is 5.13 Å². The number of rotatable bonds is 8. The molecule has 0 saturated carbocycles. The van der Waals surface area contributed by atoms with Crippen molar-refractivity contribution >= 4 is 67.9 Å². The molecule has 2 aromatic heterocycles. The fourth-order valence-electron chi connectivity index (χ4n) is 3.13. The molecule has 0 bridgehead atoms. The number of hydrogen-bond acceptors (Lipinski definition) is 5. The van der Waals surface area contributed by atoms with Gasteiger partial charge in [0.25, 0.3) is 0 Å². The van der Waals surface area contributed by atoms with Gasteiger partial charge < -0.3 is 4.90 Å². The molecule has 2 heterocycles. The molecule has 3 aromatic rings. The van der Waals surface area contributed by atoms with Crippen LogP contribution in [0.15, 0.2) is 24.3 Å². The van der Waals surface area contributed by atoms with Crippen molar-refractivity contribution in [2.45, 2.75) is 34.1 Å². The molecule has 0 fully saturated rings. The van der Waals surface area contributed by atoms with Gasteiger partial charge in [-0.05, 0) is 56.3 Å². The van der Waals surface area contributed by atoms with Crippen LogP contribution < -0.4 is 4.90 Å². The molecule has 0 aliphatic heterocycles. The molecule has 0 atom stereocenters. The van der Waals surface area contributed by atoms with Gasteiger partial charge in [-0.15, -0.1) is 23.7 Å². The Labute approximate surface area is 191 Å². The van der Waals surface area contributed by atoms with Gasteiger partial charge in [0.05, 0.1) is 21.0 Å². The molecule has 29 heavy (non-hydrogen) atoms. The number of fused-ring (bicyclic) bond motifs is 1. The Hall–Kier alpha value is -1.18. The number of aromatic nitrogens is 1. The second-order valence-corrected chi connectivity index (χ2v) is 9.61. The number of amides is 1. The van der Waals surface area contributed by atoms with Crippen molar-refractivity contribution in [3.63, 3.8) is 0 Å². The van der Waals surface area contributed by atoms with Crippen LogP contribution in [0, 0.1) is 13.8 Å². The van der Waals surface area contributed by atoms with Crippen LogP contribution in [-0.4, -0.2) is 42.0 Å². The van der Waals surface area contributed by atoms with Crippen molar-refractivity contribution in [1.82, 2.24) is 9.88 Å². The molecule has 8 heteroatoms. The van der Waals surface area contributed by atoms with Gasteiger partial charge in [0.2, 0.25) is 5.91 Å². The van der Waals surface area contributed by atoms with Crippen LogP contribution in [0.3, 0.4) is 0 Å². The fraction of sp³-hybridized carbons (Fsp3) is 0.429. The molecule has 4 nitrogen and oxygen atoms in total. The maximum atomic E-state index is 13.2. The minimum Gasteiger partial charge on any atom is -0.302 e. The molecule has 0 aliphatic carbocycles. The Morgan fingerprint density at radius 1 is 1.07 bits per heavy atom. The largest absolute Gasteiger partial charge is 0.302 e. The second-order valence-electron chi connectivity index (χ2n) is 6.81. The van der Waals surface area contributed by atoms with E-state index in [1.54, 1.807) is 11.3 Å². The average Bonchev–Trinajstić information content (AvgIpc) is 3.28. The van der Waals surface area contributed by atoms with E-state index in [-0.39, 0.29) is 18.3 Å². The summed E-state index contributed by atoms with van der Waals surface area (Å²) < 4.78 is 1.83. The lowest BCUT2D eigenvalue weighted by atomic mass is 10.1. The van der Waals surface area contributed by atoms with E-state index in [1.165, 1.54) is 22.5 Å². The summed E-state index contributed by atoms with van der Waals surface area (Å²) in [6.07, 6.45) is 0.351. The van der Waals surface area contributed by atoms with E-state index in [0.717, 1.165) is 39.9 Å². The molecule has 0 saturated heterocycles. The number of thiazole rings is 1. The van der Waals surface area contributed by atoms with Gasteiger partial charge in [-0.3, -0.25) is 9.69 Å². The summed E-state index contributed by atoms with van der Waals surface area (Å²) in [6, 6.07) is 8.00. The summed E-state index contributed by atoms with van der Waals surface area (Å²) >= 11 is 9.10. The van der Waals surface area contributed by atoms with Crippen LogP contribution in [0.5, 0.6) is 0 Å². The molecule has 1 amide bonds. The summed E-state index contributed by atoms with van der Waals surface area (Å²) in [5, 5.41) is 0.781. The summed E-state index contributed by atoms with van der Waals surface area (Å²) in [7, 11) is 0. The first-order valence-electron chi connectivity index (χ1n) is 9.56. The molecule has 0 N–H and O–H groups in total. The third kappa shape index (κ3) is 5.70. The van der Waals surface area contributed by atoms with E-state index in [1.807, 2.05) is 17.0 Å². The van der Waals surface area contributed by atoms with Crippen molar-refractivity contribution in [3.8, 4) is 0 Å². The Morgan fingerprint density at radius 3 is 2.41 bits per heavy atom. The molecular weight excluding hydrogens is 445 g/mol. The molecule has 0 spiro atoms. The van der Waals surface area contributed by atoms with Crippen LogP contribution in [0.25, 0.3) is 10.2 Å². The molecule has 0 aliphatic rings. The van der Waals surface area contributed by atoms with Crippen LogP contribution in [-0.2, 0) is 11.2 Å². The number of thiophene rings is 1. The summed E-state index contributed by atoms with van der Waals surface area (Å²) in [4.78, 5) is 23.2. The molecular formula is C21H27Cl2N3OS2. The SMILES string of the molecule is CCN(CC)CCN(C(=O)Cc1ccc(Cl)s1)c1nc2c(C)c(C)ccc2s1.Cl. The highest BCUT2D eigenvalue weighted by Gasteiger charge is 2.22. The average molecular weight is 473 g/mol. The van der Waals surface area contributed by atoms with E-state index >= 15 is 0 Å². The molecule has 3 rings (SSSR count). The van der Waals surface area contributed by atoms with Crippen molar-refractivity contribution in [1.29, 1.82) is 0 Å². The molecule has 0 unspecified atom stereocenters. The molecule has 0 radical (unpaired) electrons. The van der Waals surface area contributed by atoms with E-state index in [9.17, 15) is 4.79 Å². The Kier molecular flexibility index (Phi) is 8.91. The summed E-state index contributed by atoms with van der Waals surface area (Å²) in [5.41, 5.74) is 3.40. The monoisotopic (exact) mass is 471 g/mol. The first-order valence-corrected chi connectivity index (χ1v) is 11.6. The predicted molar refractivity (Wildman–Crippen MR) is 130 cm³/mol. The third-order valence-corrected chi connectivity index (χ3v) is 7.37. The maximum absolute atomic E-state index is 13.2. The normalized spacial score (nSPS) is 11.1. The van der Waals surface area contributed by atoms with E-state index in [2.05, 4.69) is 44.7 Å². The van der Waals surface area contributed by atoms with Crippen molar-refractivity contribution in [3.05, 3.63) is 44.6 Å². The van der Waals surface area contributed by atoms with Crippen LogP contribution in [0.2, 0.25) is 4.34 Å². The number of likely N-dealkylation sites (N-methyl/N-ethyl adjacent to an activating group) is 1. The summed E-state index contributed by atoms with van der Waals surface area (Å²) in [6.45, 7) is 11.9. The fourth-order valence-corrected chi connectivity index (χ4v) is 5.28. The highest BCUT2D eigenvalue weighted by Crippen LogP contribution is 2.32. The number of anilines is 1.